The second kappa shape index (κ2) is 5.81. The molecule has 2 saturated heterocycles. The summed E-state index contributed by atoms with van der Waals surface area (Å²) in [6.45, 7) is 4.71. The Labute approximate surface area is 125 Å². The predicted molar refractivity (Wildman–Crippen MR) is 77.2 cm³/mol. The molecule has 0 aliphatic carbocycles. The van der Waals surface area contributed by atoms with Gasteiger partial charge >= 0.3 is 0 Å². The highest BCUT2D eigenvalue weighted by molar-refractivity contribution is 5.91. The third kappa shape index (κ3) is 2.72. The van der Waals surface area contributed by atoms with Crippen LogP contribution in [-0.2, 0) is 9.47 Å². The summed E-state index contributed by atoms with van der Waals surface area (Å²) >= 11 is 0. The van der Waals surface area contributed by atoms with E-state index in [9.17, 15) is 4.79 Å². The fourth-order valence-corrected chi connectivity index (χ4v) is 3.67. The van der Waals surface area contributed by atoms with E-state index in [1.807, 2.05) is 17.9 Å². The molecule has 0 aromatic carbocycles. The molecule has 116 valence electrons. The third-order valence-corrected chi connectivity index (χ3v) is 4.66. The average Bonchev–Trinajstić information content (AvgIpc) is 2.92. The Morgan fingerprint density at radius 3 is 3.10 bits per heavy atom. The molecule has 2 fully saturated rings. The molecule has 2 atom stereocenters. The number of likely N-dealkylation sites (tertiary alicyclic amines) is 1. The molecular formula is C16H23NO4. The summed E-state index contributed by atoms with van der Waals surface area (Å²) in [6, 6.07) is 3.58. The van der Waals surface area contributed by atoms with Crippen LogP contribution in [0.1, 0.15) is 35.6 Å². The lowest BCUT2D eigenvalue weighted by molar-refractivity contribution is -0.142. The van der Waals surface area contributed by atoms with Crippen molar-refractivity contribution < 1.29 is 18.7 Å². The topological polar surface area (TPSA) is 51.9 Å². The van der Waals surface area contributed by atoms with Crippen LogP contribution in [0, 0.1) is 12.3 Å². The number of hydrogen-bond donors (Lipinski definition) is 0. The van der Waals surface area contributed by atoms with Gasteiger partial charge in [-0.25, -0.2) is 0 Å². The molecule has 0 radical (unpaired) electrons. The largest absolute Gasteiger partial charge is 0.456 e. The number of fused-ring (bicyclic) bond motifs is 1. The van der Waals surface area contributed by atoms with E-state index in [0.29, 0.717) is 25.5 Å². The van der Waals surface area contributed by atoms with Gasteiger partial charge in [-0.1, -0.05) is 0 Å². The summed E-state index contributed by atoms with van der Waals surface area (Å²) in [6.07, 6.45) is 3.15. The van der Waals surface area contributed by atoms with Crippen LogP contribution in [0.4, 0.5) is 0 Å². The molecule has 3 heterocycles. The van der Waals surface area contributed by atoms with Gasteiger partial charge in [-0.05, 0) is 38.3 Å². The first-order valence-corrected chi connectivity index (χ1v) is 7.61. The third-order valence-electron chi connectivity index (χ3n) is 4.66. The highest BCUT2D eigenvalue weighted by Crippen LogP contribution is 2.40. The minimum absolute atomic E-state index is 0.0254. The molecule has 1 aromatic rings. The number of methoxy groups -OCH3 is 1. The number of hydrogen-bond acceptors (Lipinski definition) is 4. The Kier molecular flexibility index (Phi) is 4.04. The lowest BCUT2D eigenvalue weighted by Crippen LogP contribution is -2.58. The van der Waals surface area contributed by atoms with Crippen molar-refractivity contribution in [2.75, 3.05) is 33.4 Å². The maximum absolute atomic E-state index is 12.6. The molecule has 0 bridgehead atoms. The van der Waals surface area contributed by atoms with E-state index in [1.165, 1.54) is 0 Å². The van der Waals surface area contributed by atoms with Gasteiger partial charge in [0.15, 0.2) is 5.76 Å². The monoisotopic (exact) mass is 293 g/mol. The van der Waals surface area contributed by atoms with Crippen LogP contribution in [0.5, 0.6) is 0 Å². The number of furan rings is 1. The zero-order chi connectivity index (χ0) is 14.9. The van der Waals surface area contributed by atoms with Crippen molar-refractivity contribution in [2.24, 2.45) is 5.41 Å². The summed E-state index contributed by atoms with van der Waals surface area (Å²) in [4.78, 5) is 14.5. The number of piperidine rings is 1. The van der Waals surface area contributed by atoms with Gasteiger partial charge in [0, 0.05) is 32.2 Å². The Balaban J connectivity index is 1.78. The van der Waals surface area contributed by atoms with Gasteiger partial charge < -0.3 is 18.8 Å². The molecule has 0 spiro atoms. The Morgan fingerprint density at radius 2 is 2.38 bits per heavy atom. The quantitative estimate of drug-likeness (QED) is 0.857. The minimum atomic E-state index is -0.0669. The lowest BCUT2D eigenvalue weighted by atomic mass is 9.73. The van der Waals surface area contributed by atoms with Gasteiger partial charge in [-0.15, -0.1) is 0 Å². The lowest BCUT2D eigenvalue weighted by Gasteiger charge is -2.50. The molecule has 1 amide bonds. The second-order valence-electron chi connectivity index (χ2n) is 6.18. The summed E-state index contributed by atoms with van der Waals surface area (Å²) in [5, 5.41) is 0. The minimum Gasteiger partial charge on any atom is -0.456 e. The van der Waals surface area contributed by atoms with Crippen molar-refractivity contribution >= 4 is 5.91 Å². The first-order valence-electron chi connectivity index (χ1n) is 7.61. The van der Waals surface area contributed by atoms with Crippen LogP contribution < -0.4 is 0 Å². The van der Waals surface area contributed by atoms with Crippen molar-refractivity contribution in [1.82, 2.24) is 4.90 Å². The van der Waals surface area contributed by atoms with Crippen molar-refractivity contribution in [3.8, 4) is 0 Å². The van der Waals surface area contributed by atoms with Crippen LogP contribution in [0.25, 0.3) is 0 Å². The van der Waals surface area contributed by atoms with E-state index < -0.39 is 0 Å². The summed E-state index contributed by atoms with van der Waals surface area (Å²) in [5.74, 6) is 1.17. The highest BCUT2D eigenvalue weighted by Gasteiger charge is 2.47. The van der Waals surface area contributed by atoms with Crippen molar-refractivity contribution in [1.29, 1.82) is 0 Å². The van der Waals surface area contributed by atoms with E-state index in [-0.39, 0.29) is 17.4 Å². The maximum Gasteiger partial charge on any atom is 0.289 e. The summed E-state index contributed by atoms with van der Waals surface area (Å²) < 4.78 is 16.8. The van der Waals surface area contributed by atoms with Gasteiger partial charge in [0.1, 0.15) is 5.76 Å². The van der Waals surface area contributed by atoms with Gasteiger partial charge in [0.05, 0.1) is 12.7 Å². The highest BCUT2D eigenvalue weighted by atomic mass is 16.5. The molecule has 2 aliphatic heterocycles. The zero-order valence-corrected chi connectivity index (χ0v) is 12.8. The SMILES string of the molecule is COCC12CCCOC1CCN(C(=O)c1ccc(C)o1)C2. The number of carbonyl (C=O) groups is 1. The number of carbonyl (C=O) groups excluding carboxylic acids is 1. The normalized spacial score (nSPS) is 29.2. The van der Waals surface area contributed by atoms with Gasteiger partial charge in [-0.2, -0.15) is 0 Å². The first-order chi connectivity index (χ1) is 10.1. The first kappa shape index (κ1) is 14.6. The molecule has 5 nitrogen and oxygen atoms in total. The molecular weight excluding hydrogens is 270 g/mol. The van der Waals surface area contributed by atoms with Crippen molar-refractivity contribution in [3.63, 3.8) is 0 Å². The number of rotatable bonds is 3. The molecule has 0 saturated carbocycles. The zero-order valence-electron chi connectivity index (χ0n) is 12.8. The number of aryl methyl sites for hydroxylation is 1. The Bertz CT molecular complexity index is 508. The predicted octanol–water partition coefficient (Wildman–Crippen LogP) is 2.25. The fourth-order valence-electron chi connectivity index (χ4n) is 3.67. The second-order valence-corrected chi connectivity index (χ2v) is 6.18. The number of ether oxygens (including phenoxy) is 2. The smallest absolute Gasteiger partial charge is 0.289 e. The van der Waals surface area contributed by atoms with Crippen molar-refractivity contribution in [2.45, 2.75) is 32.3 Å². The van der Waals surface area contributed by atoms with E-state index in [4.69, 9.17) is 13.9 Å². The van der Waals surface area contributed by atoms with E-state index in [2.05, 4.69) is 0 Å². The van der Waals surface area contributed by atoms with Crippen molar-refractivity contribution in [3.05, 3.63) is 23.7 Å². The molecule has 2 unspecified atom stereocenters. The molecule has 3 rings (SSSR count). The van der Waals surface area contributed by atoms with Crippen LogP contribution in [0.3, 0.4) is 0 Å². The van der Waals surface area contributed by atoms with Crippen LogP contribution in [0.15, 0.2) is 16.5 Å². The number of amides is 1. The Hall–Kier alpha value is -1.33. The van der Waals surface area contributed by atoms with Gasteiger partial charge in [0.25, 0.3) is 5.91 Å². The molecule has 1 aromatic heterocycles. The standard InChI is InChI=1S/C16H23NO4/c1-12-4-5-13(21-12)15(18)17-8-6-14-16(10-17,11-19-2)7-3-9-20-14/h4-5,14H,3,6-11H2,1-2H3. The molecule has 5 heteroatoms. The van der Waals surface area contributed by atoms with Crippen LogP contribution >= 0.6 is 0 Å². The van der Waals surface area contributed by atoms with E-state index in [1.54, 1.807) is 13.2 Å². The van der Waals surface area contributed by atoms with Crippen LogP contribution in [0.2, 0.25) is 0 Å². The Morgan fingerprint density at radius 1 is 1.52 bits per heavy atom. The van der Waals surface area contributed by atoms with E-state index in [0.717, 1.165) is 31.6 Å². The summed E-state index contributed by atoms with van der Waals surface area (Å²) in [7, 11) is 1.72. The summed E-state index contributed by atoms with van der Waals surface area (Å²) in [5.41, 5.74) is -0.0669. The van der Waals surface area contributed by atoms with Gasteiger partial charge in [-0.3, -0.25) is 4.79 Å². The molecule has 0 N–H and O–H groups in total. The van der Waals surface area contributed by atoms with E-state index >= 15 is 0 Å². The molecule has 21 heavy (non-hydrogen) atoms. The number of nitrogens with zero attached hydrogens (tertiary/aromatic N) is 1. The molecule has 2 aliphatic rings. The average molecular weight is 293 g/mol. The van der Waals surface area contributed by atoms with Gasteiger partial charge in [0.2, 0.25) is 0 Å². The maximum atomic E-state index is 12.6. The fraction of sp³-hybridized carbons (Fsp3) is 0.688. The van der Waals surface area contributed by atoms with Crippen LogP contribution in [-0.4, -0.2) is 50.3 Å².